The first-order chi connectivity index (χ1) is 10.0. The Balaban J connectivity index is 2.06. The quantitative estimate of drug-likeness (QED) is 0.850. The highest BCUT2D eigenvalue weighted by molar-refractivity contribution is 7.89. The Labute approximate surface area is 126 Å². The fraction of sp³-hybridized carbons (Fsp3) is 0.250. The van der Waals surface area contributed by atoms with Gasteiger partial charge in [0.1, 0.15) is 0 Å². The second-order valence-electron chi connectivity index (χ2n) is 5.05. The molecule has 0 saturated carbocycles. The monoisotopic (exact) mass is 304 g/mol. The van der Waals surface area contributed by atoms with Gasteiger partial charge in [-0.1, -0.05) is 60.7 Å². The van der Waals surface area contributed by atoms with E-state index in [-0.39, 0.29) is 5.75 Å². The Hall–Kier alpha value is -1.69. The molecule has 0 aliphatic rings. The van der Waals surface area contributed by atoms with Gasteiger partial charge in [0, 0.05) is 19.6 Å². The van der Waals surface area contributed by atoms with Gasteiger partial charge in [-0.25, -0.2) is 13.6 Å². The van der Waals surface area contributed by atoms with Crippen LogP contribution in [0.2, 0.25) is 0 Å². The van der Waals surface area contributed by atoms with Crippen molar-refractivity contribution in [2.24, 2.45) is 5.14 Å². The first-order valence-electron chi connectivity index (χ1n) is 6.83. The topological polar surface area (TPSA) is 63.4 Å². The van der Waals surface area contributed by atoms with E-state index in [1.165, 1.54) is 0 Å². The molecular weight excluding hydrogens is 284 g/mol. The molecule has 2 aromatic rings. The minimum Gasteiger partial charge on any atom is -0.294 e. The number of nitrogens with two attached hydrogens (primary N) is 1. The zero-order valence-corrected chi connectivity index (χ0v) is 12.7. The molecule has 0 aliphatic heterocycles. The standard InChI is InChI=1S/C16H20N2O2S/c17-21(19,20)12-11-18(13-15-7-3-1-4-8-15)14-16-9-5-2-6-10-16/h1-10H,11-14H2,(H2,17,19,20). The van der Waals surface area contributed by atoms with Crippen LogP contribution in [0.15, 0.2) is 60.7 Å². The van der Waals surface area contributed by atoms with Crippen LogP contribution < -0.4 is 5.14 Å². The molecular formula is C16H20N2O2S. The predicted octanol–water partition coefficient (Wildman–Crippen LogP) is 1.98. The van der Waals surface area contributed by atoms with Crippen molar-refractivity contribution >= 4 is 10.0 Å². The molecule has 0 radical (unpaired) electrons. The van der Waals surface area contributed by atoms with E-state index in [4.69, 9.17) is 5.14 Å². The summed E-state index contributed by atoms with van der Waals surface area (Å²) in [6.45, 7) is 1.82. The summed E-state index contributed by atoms with van der Waals surface area (Å²) in [7, 11) is -3.45. The molecule has 21 heavy (non-hydrogen) atoms. The molecule has 0 aliphatic carbocycles. The molecule has 0 fully saturated rings. The Kier molecular flexibility index (Phi) is 5.50. The van der Waals surface area contributed by atoms with E-state index >= 15 is 0 Å². The molecule has 2 N–H and O–H groups in total. The van der Waals surface area contributed by atoms with Crippen LogP contribution in [0.1, 0.15) is 11.1 Å². The Bertz CT molecular complexity index is 601. The minimum absolute atomic E-state index is 0.0351. The molecule has 0 bridgehead atoms. The normalized spacial score (nSPS) is 11.7. The van der Waals surface area contributed by atoms with Crippen molar-refractivity contribution in [2.75, 3.05) is 12.3 Å². The molecule has 0 atom stereocenters. The van der Waals surface area contributed by atoms with Crippen LogP contribution in [0.3, 0.4) is 0 Å². The lowest BCUT2D eigenvalue weighted by Gasteiger charge is -2.22. The molecule has 0 aromatic heterocycles. The predicted molar refractivity (Wildman–Crippen MR) is 85.0 cm³/mol. The third-order valence-corrected chi connectivity index (χ3v) is 3.94. The van der Waals surface area contributed by atoms with Crippen molar-refractivity contribution in [3.05, 3.63) is 71.8 Å². The lowest BCUT2D eigenvalue weighted by atomic mass is 10.1. The van der Waals surface area contributed by atoms with Crippen LogP contribution in [0, 0.1) is 0 Å². The van der Waals surface area contributed by atoms with E-state index in [0.29, 0.717) is 19.6 Å². The van der Waals surface area contributed by atoms with Gasteiger partial charge in [0.2, 0.25) is 10.0 Å². The van der Waals surface area contributed by atoms with E-state index in [1.807, 2.05) is 60.7 Å². The maximum Gasteiger partial charge on any atom is 0.210 e. The van der Waals surface area contributed by atoms with Crippen molar-refractivity contribution < 1.29 is 8.42 Å². The van der Waals surface area contributed by atoms with E-state index in [2.05, 4.69) is 4.90 Å². The van der Waals surface area contributed by atoms with Crippen molar-refractivity contribution in [1.82, 2.24) is 4.90 Å². The summed E-state index contributed by atoms with van der Waals surface area (Å²) >= 11 is 0. The molecule has 112 valence electrons. The lowest BCUT2D eigenvalue weighted by molar-refractivity contribution is 0.272. The molecule has 2 aromatic carbocycles. The van der Waals surface area contributed by atoms with Crippen molar-refractivity contribution in [1.29, 1.82) is 0 Å². The summed E-state index contributed by atoms with van der Waals surface area (Å²) in [5.41, 5.74) is 2.31. The van der Waals surface area contributed by atoms with Crippen molar-refractivity contribution in [3.63, 3.8) is 0 Å². The van der Waals surface area contributed by atoms with Gasteiger partial charge >= 0.3 is 0 Å². The summed E-state index contributed by atoms with van der Waals surface area (Å²) in [4.78, 5) is 2.09. The average Bonchev–Trinajstić information content (AvgIpc) is 2.46. The zero-order chi connectivity index (χ0) is 15.1. The van der Waals surface area contributed by atoms with Gasteiger partial charge in [0.05, 0.1) is 5.75 Å². The van der Waals surface area contributed by atoms with Gasteiger partial charge in [0.25, 0.3) is 0 Å². The van der Waals surface area contributed by atoms with Gasteiger partial charge < -0.3 is 0 Å². The van der Waals surface area contributed by atoms with Gasteiger partial charge in [-0.15, -0.1) is 0 Å². The van der Waals surface area contributed by atoms with E-state index < -0.39 is 10.0 Å². The SMILES string of the molecule is NS(=O)(=O)CCN(Cc1ccccc1)Cc1ccccc1. The Morgan fingerprint density at radius 2 is 1.24 bits per heavy atom. The highest BCUT2D eigenvalue weighted by atomic mass is 32.2. The highest BCUT2D eigenvalue weighted by Gasteiger charge is 2.11. The number of hydrogen-bond acceptors (Lipinski definition) is 3. The van der Waals surface area contributed by atoms with Crippen LogP contribution in [0.25, 0.3) is 0 Å². The molecule has 5 heteroatoms. The molecule has 0 unspecified atom stereocenters. The smallest absolute Gasteiger partial charge is 0.210 e. The molecule has 0 amide bonds. The van der Waals surface area contributed by atoms with E-state index in [1.54, 1.807) is 0 Å². The zero-order valence-electron chi connectivity index (χ0n) is 11.9. The van der Waals surface area contributed by atoms with E-state index in [0.717, 1.165) is 11.1 Å². The third-order valence-electron chi connectivity index (χ3n) is 3.19. The summed E-state index contributed by atoms with van der Waals surface area (Å²) in [5.74, 6) is -0.0351. The van der Waals surface area contributed by atoms with Gasteiger partial charge in [-0.2, -0.15) is 0 Å². The molecule has 0 saturated heterocycles. The van der Waals surface area contributed by atoms with Crippen LogP contribution in [0.4, 0.5) is 0 Å². The summed E-state index contributed by atoms with van der Waals surface area (Å²) in [6.07, 6.45) is 0. The van der Waals surface area contributed by atoms with Crippen LogP contribution in [0.5, 0.6) is 0 Å². The van der Waals surface area contributed by atoms with Gasteiger partial charge in [-0.3, -0.25) is 4.90 Å². The number of benzene rings is 2. The summed E-state index contributed by atoms with van der Waals surface area (Å²) in [6, 6.07) is 20.0. The molecule has 0 spiro atoms. The first kappa shape index (κ1) is 15.7. The maximum atomic E-state index is 11.2. The minimum atomic E-state index is -3.45. The van der Waals surface area contributed by atoms with Crippen LogP contribution >= 0.6 is 0 Å². The number of hydrogen-bond donors (Lipinski definition) is 1. The maximum absolute atomic E-state index is 11.2. The number of primary sulfonamides is 1. The first-order valence-corrected chi connectivity index (χ1v) is 8.55. The Morgan fingerprint density at radius 3 is 1.62 bits per heavy atom. The fourth-order valence-electron chi connectivity index (χ4n) is 2.15. The fourth-order valence-corrected chi connectivity index (χ4v) is 2.67. The summed E-state index contributed by atoms with van der Waals surface area (Å²) in [5, 5.41) is 5.12. The second-order valence-corrected chi connectivity index (χ2v) is 6.78. The highest BCUT2D eigenvalue weighted by Crippen LogP contribution is 2.10. The van der Waals surface area contributed by atoms with Gasteiger partial charge in [-0.05, 0) is 11.1 Å². The largest absolute Gasteiger partial charge is 0.294 e. The molecule has 2 rings (SSSR count). The van der Waals surface area contributed by atoms with E-state index in [9.17, 15) is 8.42 Å². The van der Waals surface area contributed by atoms with Crippen molar-refractivity contribution in [3.8, 4) is 0 Å². The molecule has 0 heterocycles. The third kappa shape index (κ3) is 6.08. The van der Waals surface area contributed by atoms with Gasteiger partial charge in [0.15, 0.2) is 0 Å². The number of rotatable bonds is 7. The van der Waals surface area contributed by atoms with Crippen LogP contribution in [-0.2, 0) is 23.1 Å². The second kappa shape index (κ2) is 7.36. The Morgan fingerprint density at radius 1 is 0.810 bits per heavy atom. The average molecular weight is 304 g/mol. The lowest BCUT2D eigenvalue weighted by Crippen LogP contribution is -2.31. The summed E-state index contributed by atoms with van der Waals surface area (Å²) < 4.78 is 22.4. The molecule has 4 nitrogen and oxygen atoms in total. The van der Waals surface area contributed by atoms with Crippen LogP contribution in [-0.4, -0.2) is 25.6 Å². The number of sulfonamides is 1. The number of nitrogens with zero attached hydrogens (tertiary/aromatic N) is 1. The van der Waals surface area contributed by atoms with Crippen molar-refractivity contribution in [2.45, 2.75) is 13.1 Å².